The topological polar surface area (TPSA) is 86.2 Å². The zero-order chi connectivity index (χ0) is 6.57. The lowest BCUT2D eigenvalue weighted by molar-refractivity contribution is -0.117. The Balaban J connectivity index is 3.18. The second-order valence-electron chi connectivity index (χ2n) is 1.30. The maximum absolute atomic E-state index is 10.0. The summed E-state index contributed by atoms with van der Waals surface area (Å²) in [6.45, 7) is 0. The van der Waals surface area contributed by atoms with Crippen molar-refractivity contribution in [3.63, 3.8) is 0 Å². The molecule has 0 bridgehead atoms. The van der Waals surface area contributed by atoms with E-state index in [4.69, 9.17) is 10.9 Å². The SMILES string of the molecule is NC(=O)CCS(N)=O. The van der Waals surface area contributed by atoms with Crippen LogP contribution in [0, 0.1) is 0 Å². The molecule has 0 aromatic rings. The largest absolute Gasteiger partial charge is 0.370 e. The lowest BCUT2D eigenvalue weighted by Crippen LogP contribution is -2.17. The smallest absolute Gasteiger partial charge is 0.218 e. The van der Waals surface area contributed by atoms with Gasteiger partial charge in [-0.25, -0.2) is 4.21 Å². The number of primary amides is 1. The fraction of sp³-hybridized carbons (Fsp3) is 0.667. The normalized spacial score (nSPS) is 13.1. The molecule has 0 aliphatic carbocycles. The Hall–Kier alpha value is -0.420. The minimum absolute atomic E-state index is 0.100. The third-order valence-corrected chi connectivity index (χ3v) is 1.16. The predicted octanol–water partition coefficient (Wildman–Crippen LogP) is -1.52. The minimum atomic E-state index is -1.39. The van der Waals surface area contributed by atoms with E-state index in [9.17, 15) is 9.00 Å². The fourth-order valence-electron chi connectivity index (χ4n) is 0.201. The zero-order valence-corrected chi connectivity index (χ0v) is 5.11. The standard InChI is InChI=1S/C3H8N2O2S/c4-3(6)1-2-8(5)7/h1-2,5H2,(H2,4,6). The van der Waals surface area contributed by atoms with E-state index < -0.39 is 16.9 Å². The molecule has 0 spiro atoms. The Morgan fingerprint density at radius 1 is 1.62 bits per heavy atom. The molecule has 1 unspecified atom stereocenters. The molecule has 4 N–H and O–H groups in total. The first-order chi connectivity index (χ1) is 3.63. The molecule has 0 aliphatic rings. The Morgan fingerprint density at radius 2 is 2.12 bits per heavy atom. The quantitative estimate of drug-likeness (QED) is 0.494. The lowest BCUT2D eigenvalue weighted by Gasteiger charge is -1.88. The average Bonchev–Trinajstić information content (AvgIpc) is 1.61. The summed E-state index contributed by atoms with van der Waals surface area (Å²) in [4.78, 5) is 9.94. The van der Waals surface area contributed by atoms with E-state index in [1.807, 2.05) is 0 Å². The highest BCUT2D eigenvalue weighted by Crippen LogP contribution is 1.76. The average molecular weight is 136 g/mol. The van der Waals surface area contributed by atoms with Crippen LogP contribution < -0.4 is 10.9 Å². The number of hydrogen-bond donors (Lipinski definition) is 2. The van der Waals surface area contributed by atoms with Crippen LogP contribution in [-0.2, 0) is 15.8 Å². The van der Waals surface area contributed by atoms with Crippen LogP contribution in [0.5, 0.6) is 0 Å². The Labute approximate surface area is 49.8 Å². The summed E-state index contributed by atoms with van der Waals surface area (Å²) in [5.74, 6) is -0.307. The van der Waals surface area contributed by atoms with Gasteiger partial charge in [0, 0.05) is 12.2 Å². The van der Waals surface area contributed by atoms with Gasteiger partial charge in [-0.05, 0) is 0 Å². The van der Waals surface area contributed by atoms with Gasteiger partial charge < -0.3 is 5.73 Å². The molecule has 0 aromatic heterocycles. The summed E-state index contributed by atoms with van der Waals surface area (Å²) < 4.78 is 10.0. The molecule has 0 heterocycles. The van der Waals surface area contributed by atoms with E-state index in [0.717, 1.165) is 0 Å². The number of rotatable bonds is 3. The van der Waals surface area contributed by atoms with Crippen molar-refractivity contribution in [2.75, 3.05) is 5.75 Å². The molecule has 0 radical (unpaired) electrons. The molecule has 8 heavy (non-hydrogen) atoms. The molecule has 0 aromatic carbocycles. The Morgan fingerprint density at radius 3 is 2.25 bits per heavy atom. The van der Waals surface area contributed by atoms with E-state index in [0.29, 0.717) is 0 Å². The maximum atomic E-state index is 10.0. The molecule has 1 amide bonds. The number of carbonyl (C=O) groups is 1. The molecule has 48 valence electrons. The van der Waals surface area contributed by atoms with Gasteiger partial charge in [-0.15, -0.1) is 0 Å². The lowest BCUT2D eigenvalue weighted by atomic mass is 10.5. The van der Waals surface area contributed by atoms with Crippen LogP contribution in [0.15, 0.2) is 0 Å². The maximum Gasteiger partial charge on any atom is 0.218 e. The van der Waals surface area contributed by atoms with Gasteiger partial charge in [0.1, 0.15) is 0 Å². The number of nitrogens with two attached hydrogens (primary N) is 2. The van der Waals surface area contributed by atoms with Crippen LogP contribution in [0.3, 0.4) is 0 Å². The van der Waals surface area contributed by atoms with Crippen molar-refractivity contribution < 1.29 is 9.00 Å². The molecule has 0 fully saturated rings. The van der Waals surface area contributed by atoms with Gasteiger partial charge in [0.25, 0.3) is 0 Å². The second kappa shape index (κ2) is 3.57. The van der Waals surface area contributed by atoms with Crippen molar-refractivity contribution in [2.24, 2.45) is 10.9 Å². The van der Waals surface area contributed by atoms with Crippen LogP contribution >= 0.6 is 0 Å². The molecule has 4 nitrogen and oxygen atoms in total. The van der Waals surface area contributed by atoms with Crippen molar-refractivity contribution in [2.45, 2.75) is 6.42 Å². The number of carbonyl (C=O) groups excluding carboxylic acids is 1. The van der Waals surface area contributed by atoms with E-state index >= 15 is 0 Å². The number of hydrogen-bond acceptors (Lipinski definition) is 2. The summed E-state index contributed by atoms with van der Waals surface area (Å²) in [6.07, 6.45) is 0.100. The van der Waals surface area contributed by atoms with Crippen molar-refractivity contribution in [3.05, 3.63) is 0 Å². The van der Waals surface area contributed by atoms with E-state index in [-0.39, 0.29) is 12.2 Å². The molecule has 1 atom stereocenters. The molecular formula is C3H8N2O2S. The predicted molar refractivity (Wildman–Crippen MR) is 31.0 cm³/mol. The van der Waals surface area contributed by atoms with Crippen LogP contribution in [0.1, 0.15) is 6.42 Å². The highest BCUT2D eigenvalue weighted by Gasteiger charge is 1.94. The number of amides is 1. The van der Waals surface area contributed by atoms with Gasteiger partial charge >= 0.3 is 0 Å². The van der Waals surface area contributed by atoms with Crippen LogP contribution in [-0.4, -0.2) is 15.9 Å². The summed E-state index contributed by atoms with van der Waals surface area (Å²) in [7, 11) is -1.39. The van der Waals surface area contributed by atoms with E-state index in [2.05, 4.69) is 0 Å². The first-order valence-corrected chi connectivity index (χ1v) is 3.42. The highest BCUT2D eigenvalue weighted by molar-refractivity contribution is 7.82. The van der Waals surface area contributed by atoms with Gasteiger partial charge in [0.05, 0.1) is 11.0 Å². The second-order valence-corrected chi connectivity index (χ2v) is 2.47. The molecule has 0 aliphatic heterocycles. The van der Waals surface area contributed by atoms with E-state index in [1.165, 1.54) is 0 Å². The summed E-state index contributed by atoms with van der Waals surface area (Å²) in [6, 6.07) is 0. The van der Waals surface area contributed by atoms with Gasteiger partial charge in [0.15, 0.2) is 0 Å². The summed E-state index contributed by atoms with van der Waals surface area (Å²) >= 11 is 0. The summed E-state index contributed by atoms with van der Waals surface area (Å²) in [5, 5.41) is 4.81. The fourth-order valence-corrected chi connectivity index (χ4v) is 0.604. The van der Waals surface area contributed by atoms with Crippen LogP contribution in [0.2, 0.25) is 0 Å². The Bertz CT molecular complexity index is 99.9. The molecular weight excluding hydrogens is 128 g/mol. The van der Waals surface area contributed by atoms with Crippen LogP contribution in [0.25, 0.3) is 0 Å². The van der Waals surface area contributed by atoms with E-state index in [1.54, 1.807) is 0 Å². The van der Waals surface area contributed by atoms with Gasteiger partial charge in [-0.1, -0.05) is 0 Å². The first-order valence-electron chi connectivity index (χ1n) is 2.04. The van der Waals surface area contributed by atoms with Gasteiger partial charge in [0.2, 0.25) is 5.91 Å². The van der Waals surface area contributed by atoms with Crippen molar-refractivity contribution in [3.8, 4) is 0 Å². The van der Waals surface area contributed by atoms with Crippen molar-refractivity contribution in [1.82, 2.24) is 0 Å². The minimum Gasteiger partial charge on any atom is -0.370 e. The van der Waals surface area contributed by atoms with Crippen LogP contribution in [0.4, 0.5) is 0 Å². The molecule has 0 saturated heterocycles. The molecule has 0 saturated carbocycles. The molecule has 0 rings (SSSR count). The Kier molecular flexibility index (Phi) is 3.38. The first kappa shape index (κ1) is 7.58. The third-order valence-electron chi connectivity index (χ3n) is 0.550. The van der Waals surface area contributed by atoms with Crippen molar-refractivity contribution in [1.29, 1.82) is 0 Å². The summed E-state index contributed by atoms with van der Waals surface area (Å²) in [5.41, 5.74) is 4.71. The molecule has 5 heteroatoms. The van der Waals surface area contributed by atoms with Crippen molar-refractivity contribution >= 4 is 16.9 Å². The monoisotopic (exact) mass is 136 g/mol. The van der Waals surface area contributed by atoms with Gasteiger partial charge in [-0.3, -0.25) is 9.93 Å². The third kappa shape index (κ3) is 5.58. The zero-order valence-electron chi connectivity index (χ0n) is 4.29. The van der Waals surface area contributed by atoms with Gasteiger partial charge in [-0.2, -0.15) is 0 Å². The highest BCUT2D eigenvalue weighted by atomic mass is 32.2.